The van der Waals surface area contributed by atoms with Crippen molar-refractivity contribution >= 4 is 13.7 Å². The Balaban J connectivity index is 3.86. The highest BCUT2D eigenvalue weighted by Crippen LogP contribution is 2.44. The quantitative estimate of drug-likeness (QED) is 0.691. The maximum atomic E-state index is 11.3. The zero-order valence-electron chi connectivity index (χ0n) is 7.90. The van der Waals surface area contributed by atoms with Crippen molar-refractivity contribution in [1.82, 2.24) is 5.32 Å². The minimum Gasteiger partial charge on any atom is -0.450 e. The van der Waals surface area contributed by atoms with Gasteiger partial charge in [-0.25, -0.2) is 4.79 Å². The summed E-state index contributed by atoms with van der Waals surface area (Å²) >= 11 is 0. The lowest BCUT2D eigenvalue weighted by Gasteiger charge is -2.13. The Morgan fingerprint density at radius 2 is 1.92 bits per heavy atom. The Bertz CT molecular complexity index is 199. The summed E-state index contributed by atoms with van der Waals surface area (Å²) in [5.41, 5.74) is 0. The highest BCUT2D eigenvalue weighted by molar-refractivity contribution is 7.53. The molecule has 7 heteroatoms. The first kappa shape index (κ1) is 12.4. The molecule has 0 aromatic carbocycles. The third-order valence-corrected chi connectivity index (χ3v) is 2.91. The third kappa shape index (κ3) is 4.87. The number of carbonyl (C=O) groups is 1. The molecule has 0 bridgehead atoms. The normalized spacial score (nSPS) is 11.0. The average molecular weight is 211 g/mol. The fourth-order valence-electron chi connectivity index (χ4n) is 0.547. The van der Waals surface area contributed by atoms with E-state index in [1.165, 1.54) is 14.2 Å². The summed E-state index contributed by atoms with van der Waals surface area (Å²) in [6.07, 6.45) is -0.837. The van der Waals surface area contributed by atoms with Crippen LogP contribution in [0.5, 0.6) is 0 Å². The van der Waals surface area contributed by atoms with Crippen LogP contribution in [0.2, 0.25) is 0 Å². The standard InChI is InChI=1S/C6H14NO5P/c1-4-12-6(8)7-5-13(9,10-2)11-3/h4-5H2,1-3H3,(H,7,8). The molecule has 0 aliphatic carbocycles. The zero-order valence-corrected chi connectivity index (χ0v) is 8.80. The van der Waals surface area contributed by atoms with Crippen molar-refractivity contribution in [2.75, 3.05) is 27.1 Å². The van der Waals surface area contributed by atoms with E-state index in [2.05, 4.69) is 19.1 Å². The van der Waals surface area contributed by atoms with E-state index in [9.17, 15) is 9.36 Å². The molecular weight excluding hydrogens is 197 g/mol. The Hall–Kier alpha value is -0.580. The van der Waals surface area contributed by atoms with Crippen LogP contribution in [0.15, 0.2) is 0 Å². The maximum absolute atomic E-state index is 11.3. The van der Waals surface area contributed by atoms with Gasteiger partial charge in [0.1, 0.15) is 6.29 Å². The van der Waals surface area contributed by atoms with Crippen LogP contribution in [0, 0.1) is 0 Å². The van der Waals surface area contributed by atoms with E-state index in [1.807, 2.05) is 0 Å². The van der Waals surface area contributed by atoms with Crippen molar-refractivity contribution in [3.63, 3.8) is 0 Å². The smallest absolute Gasteiger partial charge is 0.407 e. The highest BCUT2D eigenvalue weighted by Gasteiger charge is 2.21. The maximum Gasteiger partial charge on any atom is 0.407 e. The highest BCUT2D eigenvalue weighted by atomic mass is 31.2. The summed E-state index contributed by atoms with van der Waals surface area (Å²) in [5.74, 6) is 0. The first-order valence-electron chi connectivity index (χ1n) is 3.69. The van der Waals surface area contributed by atoms with Gasteiger partial charge in [0.15, 0.2) is 0 Å². The van der Waals surface area contributed by atoms with E-state index in [-0.39, 0.29) is 12.9 Å². The van der Waals surface area contributed by atoms with Gasteiger partial charge in [-0.1, -0.05) is 0 Å². The molecule has 0 saturated carbocycles. The fourth-order valence-corrected chi connectivity index (χ4v) is 1.28. The first-order chi connectivity index (χ1) is 6.08. The van der Waals surface area contributed by atoms with Gasteiger partial charge in [0, 0.05) is 14.2 Å². The molecule has 0 aromatic heterocycles. The second kappa shape index (κ2) is 5.96. The molecule has 1 amide bonds. The van der Waals surface area contributed by atoms with Crippen molar-refractivity contribution < 1.29 is 23.1 Å². The molecule has 0 unspecified atom stereocenters. The Kier molecular flexibility index (Phi) is 5.70. The van der Waals surface area contributed by atoms with Gasteiger partial charge in [-0.3, -0.25) is 4.57 Å². The van der Waals surface area contributed by atoms with Crippen molar-refractivity contribution in [3.8, 4) is 0 Å². The molecule has 6 nitrogen and oxygen atoms in total. The molecule has 0 aromatic rings. The molecule has 0 heterocycles. The van der Waals surface area contributed by atoms with Gasteiger partial charge in [0.2, 0.25) is 0 Å². The van der Waals surface area contributed by atoms with E-state index in [0.29, 0.717) is 0 Å². The van der Waals surface area contributed by atoms with Crippen molar-refractivity contribution in [2.45, 2.75) is 6.92 Å². The lowest BCUT2D eigenvalue weighted by atomic mass is 10.9. The van der Waals surface area contributed by atoms with Crippen LogP contribution in [-0.4, -0.2) is 33.2 Å². The number of nitrogens with one attached hydrogen (secondary N) is 1. The van der Waals surface area contributed by atoms with Crippen LogP contribution in [-0.2, 0) is 18.3 Å². The number of ether oxygens (including phenoxy) is 1. The number of hydrogen-bond acceptors (Lipinski definition) is 5. The predicted octanol–water partition coefficient (Wildman–Crippen LogP) is 1.18. The van der Waals surface area contributed by atoms with Gasteiger partial charge in [-0.05, 0) is 6.92 Å². The van der Waals surface area contributed by atoms with Gasteiger partial charge in [-0.2, -0.15) is 0 Å². The third-order valence-electron chi connectivity index (χ3n) is 1.25. The largest absolute Gasteiger partial charge is 0.450 e. The predicted molar refractivity (Wildman–Crippen MR) is 46.6 cm³/mol. The molecule has 0 fully saturated rings. The molecular formula is C6H14NO5P. The lowest BCUT2D eigenvalue weighted by Crippen LogP contribution is -2.25. The average Bonchev–Trinajstić information content (AvgIpc) is 2.15. The van der Waals surface area contributed by atoms with E-state index in [0.717, 1.165) is 0 Å². The molecule has 0 saturated heterocycles. The fraction of sp³-hybridized carbons (Fsp3) is 0.833. The summed E-state index contributed by atoms with van der Waals surface area (Å²) in [6.45, 7) is 1.93. The molecule has 0 atom stereocenters. The molecule has 0 rings (SSSR count). The van der Waals surface area contributed by atoms with E-state index in [1.54, 1.807) is 6.92 Å². The van der Waals surface area contributed by atoms with Gasteiger partial charge in [0.25, 0.3) is 0 Å². The van der Waals surface area contributed by atoms with Crippen LogP contribution >= 0.6 is 7.60 Å². The summed E-state index contributed by atoms with van der Waals surface area (Å²) in [5, 5.41) is 2.25. The van der Waals surface area contributed by atoms with Gasteiger partial charge >= 0.3 is 13.7 Å². The summed E-state index contributed by atoms with van der Waals surface area (Å²) in [6, 6.07) is 0. The first-order valence-corrected chi connectivity index (χ1v) is 5.42. The lowest BCUT2D eigenvalue weighted by molar-refractivity contribution is 0.152. The molecule has 13 heavy (non-hydrogen) atoms. The van der Waals surface area contributed by atoms with Crippen LogP contribution in [0.1, 0.15) is 6.92 Å². The summed E-state index contributed by atoms with van der Waals surface area (Å²) in [4.78, 5) is 10.8. The number of hydrogen-bond donors (Lipinski definition) is 1. The number of carbonyl (C=O) groups excluding carboxylic acids is 1. The summed E-state index contributed by atoms with van der Waals surface area (Å²) < 4.78 is 25.0. The minimum absolute atomic E-state index is 0.196. The number of amides is 1. The van der Waals surface area contributed by atoms with Crippen LogP contribution in [0.25, 0.3) is 0 Å². The van der Waals surface area contributed by atoms with Crippen molar-refractivity contribution in [3.05, 3.63) is 0 Å². The second-order valence-electron chi connectivity index (χ2n) is 2.03. The Labute approximate surface area is 77.1 Å². The van der Waals surface area contributed by atoms with Crippen LogP contribution in [0.3, 0.4) is 0 Å². The molecule has 1 N–H and O–H groups in total. The van der Waals surface area contributed by atoms with Gasteiger partial charge in [-0.15, -0.1) is 0 Å². The topological polar surface area (TPSA) is 73.9 Å². The van der Waals surface area contributed by atoms with E-state index in [4.69, 9.17) is 0 Å². The van der Waals surface area contributed by atoms with Gasteiger partial charge < -0.3 is 19.1 Å². The number of alkyl carbamates (subject to hydrolysis) is 1. The molecule has 0 radical (unpaired) electrons. The molecule has 78 valence electrons. The van der Waals surface area contributed by atoms with Crippen molar-refractivity contribution in [2.24, 2.45) is 0 Å². The second-order valence-corrected chi connectivity index (χ2v) is 4.30. The Morgan fingerprint density at radius 1 is 1.38 bits per heavy atom. The molecule has 0 aliphatic heterocycles. The van der Waals surface area contributed by atoms with E-state index < -0.39 is 13.7 Å². The van der Waals surface area contributed by atoms with E-state index >= 15 is 0 Å². The van der Waals surface area contributed by atoms with Crippen LogP contribution < -0.4 is 5.32 Å². The molecule has 0 spiro atoms. The van der Waals surface area contributed by atoms with Gasteiger partial charge in [0.05, 0.1) is 6.61 Å². The number of rotatable bonds is 5. The monoisotopic (exact) mass is 211 g/mol. The molecule has 0 aliphatic rings. The zero-order chi connectivity index (χ0) is 10.3. The summed E-state index contributed by atoms with van der Waals surface area (Å²) in [7, 11) is -0.676. The Morgan fingerprint density at radius 3 is 2.31 bits per heavy atom. The van der Waals surface area contributed by atoms with Crippen molar-refractivity contribution in [1.29, 1.82) is 0 Å². The van der Waals surface area contributed by atoms with Crippen LogP contribution in [0.4, 0.5) is 4.79 Å². The SMILES string of the molecule is CCOC(=O)NCP(=O)(OC)OC. The minimum atomic E-state index is -3.17.